The van der Waals surface area contributed by atoms with E-state index in [9.17, 15) is 9.18 Å². The minimum absolute atomic E-state index is 0.129. The average molecular weight is 287 g/mol. The van der Waals surface area contributed by atoms with Crippen molar-refractivity contribution in [3.8, 4) is 0 Å². The summed E-state index contributed by atoms with van der Waals surface area (Å²) in [6.45, 7) is 1.48. The molecule has 1 aromatic heterocycles. The highest BCUT2D eigenvalue weighted by Crippen LogP contribution is 2.20. The number of pyridine rings is 1. The Hall–Kier alpha value is -0.970. The second-order valence-corrected chi connectivity index (χ2v) is 4.60. The second kappa shape index (κ2) is 4.91. The van der Waals surface area contributed by atoms with Gasteiger partial charge in [0.1, 0.15) is 5.82 Å². The Balaban J connectivity index is 2.08. The van der Waals surface area contributed by atoms with Crippen LogP contribution < -0.4 is 0 Å². The third-order valence-electron chi connectivity index (χ3n) is 2.74. The monoisotopic (exact) mass is 286 g/mol. The standard InChI is InChI=1S/C11H12BrFN2O/c12-4-8-1-2-15(7-8)11(16)9-3-10(13)6-14-5-9/h3,5-6,8H,1-2,4,7H2. The Kier molecular flexibility index (Phi) is 3.53. The van der Waals surface area contributed by atoms with Crippen LogP contribution in [0.4, 0.5) is 4.39 Å². The Morgan fingerprint density at radius 1 is 1.62 bits per heavy atom. The van der Waals surface area contributed by atoms with Crippen LogP contribution in [0.15, 0.2) is 18.5 Å². The minimum atomic E-state index is -0.470. The summed E-state index contributed by atoms with van der Waals surface area (Å²) in [6.07, 6.45) is 3.51. The summed E-state index contributed by atoms with van der Waals surface area (Å²) in [5.74, 6) is -0.0944. The molecule has 0 aliphatic carbocycles. The maximum absolute atomic E-state index is 12.9. The molecular weight excluding hydrogens is 275 g/mol. The zero-order chi connectivity index (χ0) is 11.5. The van der Waals surface area contributed by atoms with Crippen LogP contribution in [0, 0.1) is 11.7 Å². The molecule has 1 aromatic rings. The van der Waals surface area contributed by atoms with Crippen molar-refractivity contribution >= 4 is 21.8 Å². The summed E-state index contributed by atoms with van der Waals surface area (Å²) >= 11 is 3.41. The van der Waals surface area contributed by atoms with Crippen molar-refractivity contribution in [2.45, 2.75) is 6.42 Å². The topological polar surface area (TPSA) is 33.2 Å². The van der Waals surface area contributed by atoms with Crippen molar-refractivity contribution in [2.75, 3.05) is 18.4 Å². The predicted molar refractivity (Wildman–Crippen MR) is 62.0 cm³/mol. The van der Waals surface area contributed by atoms with Gasteiger partial charge >= 0.3 is 0 Å². The van der Waals surface area contributed by atoms with E-state index in [4.69, 9.17) is 0 Å². The van der Waals surface area contributed by atoms with Gasteiger partial charge in [0, 0.05) is 24.6 Å². The van der Waals surface area contributed by atoms with Gasteiger partial charge in [-0.2, -0.15) is 0 Å². The van der Waals surface area contributed by atoms with Gasteiger partial charge in [0.05, 0.1) is 11.8 Å². The number of carbonyl (C=O) groups is 1. The van der Waals surface area contributed by atoms with Crippen LogP contribution in [-0.4, -0.2) is 34.2 Å². The van der Waals surface area contributed by atoms with E-state index in [1.165, 1.54) is 12.3 Å². The van der Waals surface area contributed by atoms with Crippen molar-refractivity contribution in [3.63, 3.8) is 0 Å². The number of amides is 1. The van der Waals surface area contributed by atoms with E-state index < -0.39 is 5.82 Å². The van der Waals surface area contributed by atoms with E-state index in [1.807, 2.05) is 0 Å². The lowest BCUT2D eigenvalue weighted by molar-refractivity contribution is 0.0787. The van der Waals surface area contributed by atoms with Crippen LogP contribution in [0.1, 0.15) is 16.8 Å². The molecule has 0 N–H and O–H groups in total. The molecule has 0 saturated carbocycles. The van der Waals surface area contributed by atoms with Crippen LogP contribution in [-0.2, 0) is 0 Å². The number of carbonyl (C=O) groups excluding carboxylic acids is 1. The van der Waals surface area contributed by atoms with Crippen molar-refractivity contribution in [3.05, 3.63) is 29.8 Å². The number of likely N-dealkylation sites (tertiary alicyclic amines) is 1. The second-order valence-electron chi connectivity index (χ2n) is 3.95. The van der Waals surface area contributed by atoms with E-state index in [2.05, 4.69) is 20.9 Å². The largest absolute Gasteiger partial charge is 0.338 e. The number of aromatic nitrogens is 1. The van der Waals surface area contributed by atoms with Gasteiger partial charge in [0.25, 0.3) is 5.91 Å². The molecule has 1 aliphatic rings. The zero-order valence-electron chi connectivity index (χ0n) is 8.70. The zero-order valence-corrected chi connectivity index (χ0v) is 10.3. The number of halogens is 2. The average Bonchev–Trinajstić information content (AvgIpc) is 2.76. The molecule has 5 heteroatoms. The number of hydrogen-bond donors (Lipinski definition) is 0. The highest BCUT2D eigenvalue weighted by molar-refractivity contribution is 9.09. The van der Waals surface area contributed by atoms with E-state index in [0.717, 1.165) is 31.0 Å². The van der Waals surface area contributed by atoms with Crippen molar-refractivity contribution in [1.82, 2.24) is 9.88 Å². The van der Waals surface area contributed by atoms with Gasteiger partial charge in [-0.05, 0) is 18.4 Å². The molecule has 2 heterocycles. The van der Waals surface area contributed by atoms with Crippen LogP contribution in [0.2, 0.25) is 0 Å². The Morgan fingerprint density at radius 2 is 2.44 bits per heavy atom. The van der Waals surface area contributed by atoms with E-state index in [1.54, 1.807) is 4.90 Å². The summed E-state index contributed by atoms with van der Waals surface area (Å²) < 4.78 is 12.9. The van der Waals surface area contributed by atoms with Crippen LogP contribution >= 0.6 is 15.9 Å². The first-order valence-corrected chi connectivity index (χ1v) is 6.28. The molecule has 1 unspecified atom stereocenters. The number of alkyl halides is 1. The first-order chi connectivity index (χ1) is 7.70. The van der Waals surface area contributed by atoms with Gasteiger partial charge in [0.15, 0.2) is 0 Å². The molecule has 1 atom stereocenters. The maximum Gasteiger partial charge on any atom is 0.255 e. The third-order valence-corrected chi connectivity index (χ3v) is 3.66. The molecule has 1 amide bonds. The van der Waals surface area contributed by atoms with E-state index in [-0.39, 0.29) is 5.91 Å². The van der Waals surface area contributed by atoms with Gasteiger partial charge in [-0.25, -0.2) is 4.39 Å². The predicted octanol–water partition coefficient (Wildman–Crippen LogP) is 2.08. The van der Waals surface area contributed by atoms with Crippen molar-refractivity contribution in [1.29, 1.82) is 0 Å². The van der Waals surface area contributed by atoms with Gasteiger partial charge in [-0.15, -0.1) is 0 Å². The molecule has 86 valence electrons. The lowest BCUT2D eigenvalue weighted by Gasteiger charge is -2.15. The molecule has 3 nitrogen and oxygen atoms in total. The fourth-order valence-electron chi connectivity index (χ4n) is 1.85. The fourth-order valence-corrected chi connectivity index (χ4v) is 2.38. The van der Waals surface area contributed by atoms with Crippen LogP contribution in [0.5, 0.6) is 0 Å². The molecule has 0 spiro atoms. The third kappa shape index (κ3) is 2.40. The highest BCUT2D eigenvalue weighted by Gasteiger charge is 2.26. The number of rotatable bonds is 2. The molecule has 1 saturated heterocycles. The Bertz CT molecular complexity index is 399. The van der Waals surface area contributed by atoms with Crippen LogP contribution in [0.3, 0.4) is 0 Å². The Morgan fingerprint density at radius 3 is 3.06 bits per heavy atom. The molecule has 0 bridgehead atoms. The highest BCUT2D eigenvalue weighted by atomic mass is 79.9. The van der Waals surface area contributed by atoms with Gasteiger partial charge < -0.3 is 4.90 Å². The van der Waals surface area contributed by atoms with Gasteiger partial charge in [-0.3, -0.25) is 9.78 Å². The van der Waals surface area contributed by atoms with Crippen LogP contribution in [0.25, 0.3) is 0 Å². The lowest BCUT2D eigenvalue weighted by atomic mass is 10.2. The molecule has 0 radical (unpaired) electrons. The number of hydrogen-bond acceptors (Lipinski definition) is 2. The van der Waals surface area contributed by atoms with Gasteiger partial charge in [0.2, 0.25) is 0 Å². The lowest BCUT2D eigenvalue weighted by Crippen LogP contribution is -2.29. The van der Waals surface area contributed by atoms with Gasteiger partial charge in [-0.1, -0.05) is 15.9 Å². The van der Waals surface area contributed by atoms with E-state index in [0.29, 0.717) is 11.5 Å². The minimum Gasteiger partial charge on any atom is -0.338 e. The number of nitrogens with zero attached hydrogens (tertiary/aromatic N) is 2. The van der Waals surface area contributed by atoms with Crippen molar-refractivity contribution < 1.29 is 9.18 Å². The summed E-state index contributed by atoms with van der Waals surface area (Å²) in [6, 6.07) is 1.23. The SMILES string of the molecule is O=C(c1cncc(F)c1)N1CCC(CBr)C1. The first-order valence-electron chi connectivity index (χ1n) is 5.16. The quantitative estimate of drug-likeness (QED) is 0.780. The summed E-state index contributed by atoms with van der Waals surface area (Å²) in [4.78, 5) is 17.4. The molecular formula is C11H12BrFN2O. The summed E-state index contributed by atoms with van der Waals surface area (Å²) in [5.41, 5.74) is 0.329. The van der Waals surface area contributed by atoms with Crippen molar-refractivity contribution in [2.24, 2.45) is 5.92 Å². The molecule has 2 rings (SSSR count). The molecule has 1 fully saturated rings. The van der Waals surface area contributed by atoms with E-state index >= 15 is 0 Å². The summed E-state index contributed by atoms with van der Waals surface area (Å²) in [7, 11) is 0. The Labute approximate surface area is 102 Å². The molecule has 16 heavy (non-hydrogen) atoms. The summed E-state index contributed by atoms with van der Waals surface area (Å²) in [5, 5.41) is 0.901. The molecule has 0 aromatic carbocycles. The first kappa shape index (κ1) is 11.5. The maximum atomic E-state index is 12.9. The smallest absolute Gasteiger partial charge is 0.255 e. The molecule has 1 aliphatic heterocycles. The fraction of sp³-hybridized carbons (Fsp3) is 0.455. The normalized spacial score (nSPS) is 20.1.